The number of carbonyl (C=O) groups is 1. The van der Waals surface area contributed by atoms with E-state index >= 15 is 0 Å². The number of nitrogens with one attached hydrogen (secondary N) is 1. The molecule has 0 spiro atoms. The zero-order chi connectivity index (χ0) is 11.4. The number of thiazole rings is 1. The number of nitrogens with zero attached hydrogens (tertiary/aromatic N) is 1. The summed E-state index contributed by atoms with van der Waals surface area (Å²) < 4.78 is 0. The van der Waals surface area contributed by atoms with Crippen LogP contribution in [0.5, 0.6) is 0 Å². The molecule has 1 aliphatic rings. The number of carbonyl (C=O) groups excluding carboxylic acids is 1. The number of hydrogen-bond acceptors (Lipinski definition) is 4. The van der Waals surface area contributed by atoms with E-state index in [0.29, 0.717) is 19.0 Å². The minimum Gasteiger partial charge on any atom is -0.350 e. The van der Waals surface area contributed by atoms with E-state index in [1.807, 2.05) is 5.38 Å². The van der Waals surface area contributed by atoms with Gasteiger partial charge in [-0.25, -0.2) is 4.98 Å². The summed E-state index contributed by atoms with van der Waals surface area (Å²) >= 11 is 1.55. The highest BCUT2D eigenvalue weighted by molar-refractivity contribution is 7.07. The van der Waals surface area contributed by atoms with Crippen LogP contribution < -0.4 is 11.1 Å². The van der Waals surface area contributed by atoms with E-state index in [2.05, 4.69) is 10.3 Å². The molecule has 1 saturated carbocycles. The Morgan fingerprint density at radius 1 is 1.62 bits per heavy atom. The van der Waals surface area contributed by atoms with Crippen LogP contribution in [0.2, 0.25) is 0 Å². The molecular weight excluding hydrogens is 222 g/mol. The monoisotopic (exact) mass is 239 g/mol. The Kier molecular flexibility index (Phi) is 3.90. The van der Waals surface area contributed by atoms with Gasteiger partial charge in [0.1, 0.15) is 0 Å². The van der Waals surface area contributed by atoms with Crippen molar-refractivity contribution in [3.8, 4) is 0 Å². The maximum atomic E-state index is 11.9. The molecule has 16 heavy (non-hydrogen) atoms. The molecule has 2 atom stereocenters. The largest absolute Gasteiger partial charge is 0.350 e. The van der Waals surface area contributed by atoms with Gasteiger partial charge in [-0.05, 0) is 25.3 Å². The Bertz CT molecular complexity index is 339. The third-order valence-corrected chi connectivity index (χ3v) is 3.86. The third-order valence-electron chi connectivity index (χ3n) is 3.23. The van der Waals surface area contributed by atoms with Crippen molar-refractivity contribution < 1.29 is 4.79 Å². The smallest absolute Gasteiger partial charge is 0.223 e. The molecule has 1 heterocycles. The van der Waals surface area contributed by atoms with E-state index in [4.69, 9.17) is 5.73 Å². The number of nitrogens with two attached hydrogens (primary N) is 1. The number of hydrogen-bond donors (Lipinski definition) is 2. The summed E-state index contributed by atoms with van der Waals surface area (Å²) in [5, 5.41) is 4.89. The Labute approximate surface area is 99.3 Å². The third kappa shape index (κ3) is 2.59. The molecule has 2 rings (SSSR count). The van der Waals surface area contributed by atoms with Gasteiger partial charge in [-0.2, -0.15) is 0 Å². The first kappa shape index (κ1) is 11.5. The second-order valence-corrected chi connectivity index (χ2v) is 4.95. The van der Waals surface area contributed by atoms with Gasteiger partial charge in [0.05, 0.1) is 17.7 Å². The van der Waals surface area contributed by atoms with Gasteiger partial charge in [0.2, 0.25) is 5.91 Å². The highest BCUT2D eigenvalue weighted by Gasteiger charge is 2.31. The topological polar surface area (TPSA) is 68.0 Å². The molecule has 1 aromatic heterocycles. The van der Waals surface area contributed by atoms with Crippen LogP contribution in [-0.2, 0) is 11.3 Å². The lowest BCUT2D eigenvalue weighted by Crippen LogP contribution is -2.34. The Balaban J connectivity index is 1.83. The second-order valence-electron chi connectivity index (χ2n) is 4.23. The molecule has 0 aliphatic heterocycles. The van der Waals surface area contributed by atoms with Crippen molar-refractivity contribution in [1.29, 1.82) is 0 Å². The molecule has 5 heteroatoms. The average Bonchev–Trinajstić information content (AvgIpc) is 2.96. The zero-order valence-electron chi connectivity index (χ0n) is 9.19. The lowest BCUT2D eigenvalue weighted by atomic mass is 9.95. The predicted octanol–water partition coefficient (Wildman–Crippen LogP) is 1.13. The Hall–Kier alpha value is -0.940. The first-order chi connectivity index (χ1) is 7.81. The molecule has 1 amide bonds. The maximum Gasteiger partial charge on any atom is 0.223 e. The molecule has 0 aromatic carbocycles. The van der Waals surface area contributed by atoms with Gasteiger partial charge in [0, 0.05) is 11.3 Å². The van der Waals surface area contributed by atoms with E-state index < -0.39 is 0 Å². The number of amides is 1. The predicted molar refractivity (Wildman–Crippen MR) is 63.8 cm³/mol. The molecule has 88 valence electrons. The lowest BCUT2D eigenvalue weighted by molar-refractivity contribution is -0.126. The summed E-state index contributed by atoms with van der Waals surface area (Å²) in [5.74, 6) is 0.625. The van der Waals surface area contributed by atoms with Crippen molar-refractivity contribution in [2.75, 3.05) is 6.54 Å². The molecular formula is C11H17N3OS. The fraction of sp³-hybridized carbons (Fsp3) is 0.636. The molecule has 4 nitrogen and oxygen atoms in total. The van der Waals surface area contributed by atoms with Gasteiger partial charge in [-0.3, -0.25) is 4.79 Å². The molecule has 3 N–H and O–H groups in total. The zero-order valence-corrected chi connectivity index (χ0v) is 10.0. The van der Waals surface area contributed by atoms with Crippen molar-refractivity contribution in [3.05, 3.63) is 16.6 Å². The van der Waals surface area contributed by atoms with Crippen LogP contribution in [0.1, 0.15) is 25.0 Å². The number of rotatable bonds is 4. The molecule has 1 fully saturated rings. The van der Waals surface area contributed by atoms with Crippen LogP contribution in [0, 0.1) is 11.8 Å². The summed E-state index contributed by atoms with van der Waals surface area (Å²) in [4.78, 5) is 16.1. The van der Waals surface area contributed by atoms with Crippen molar-refractivity contribution in [2.24, 2.45) is 17.6 Å². The first-order valence-corrected chi connectivity index (χ1v) is 6.60. The standard InChI is InChI=1S/C11H17N3OS/c12-4-8-2-1-3-10(8)11(15)13-5-9-6-16-7-14-9/h6-8,10H,1-5,12H2,(H,13,15)/t8-,10-/m1/s1. The molecule has 0 unspecified atom stereocenters. The van der Waals surface area contributed by atoms with Gasteiger partial charge in [-0.1, -0.05) is 6.42 Å². The van der Waals surface area contributed by atoms with E-state index in [0.717, 1.165) is 25.0 Å². The van der Waals surface area contributed by atoms with E-state index in [1.165, 1.54) is 0 Å². The van der Waals surface area contributed by atoms with Crippen molar-refractivity contribution in [3.63, 3.8) is 0 Å². The van der Waals surface area contributed by atoms with Gasteiger partial charge in [0.15, 0.2) is 0 Å². The summed E-state index contributed by atoms with van der Waals surface area (Å²) in [6.45, 7) is 1.16. The van der Waals surface area contributed by atoms with Crippen molar-refractivity contribution in [2.45, 2.75) is 25.8 Å². The first-order valence-electron chi connectivity index (χ1n) is 5.66. The van der Waals surface area contributed by atoms with Crippen LogP contribution in [0.4, 0.5) is 0 Å². The van der Waals surface area contributed by atoms with E-state index in [9.17, 15) is 4.79 Å². The summed E-state index contributed by atoms with van der Waals surface area (Å²) in [6.07, 6.45) is 3.19. The Morgan fingerprint density at radius 2 is 2.50 bits per heavy atom. The van der Waals surface area contributed by atoms with Gasteiger partial charge in [-0.15, -0.1) is 11.3 Å². The van der Waals surface area contributed by atoms with Crippen LogP contribution in [-0.4, -0.2) is 17.4 Å². The van der Waals surface area contributed by atoms with Crippen molar-refractivity contribution >= 4 is 17.2 Å². The van der Waals surface area contributed by atoms with Crippen LogP contribution in [0.15, 0.2) is 10.9 Å². The van der Waals surface area contributed by atoms with Crippen LogP contribution in [0.3, 0.4) is 0 Å². The van der Waals surface area contributed by atoms with Crippen LogP contribution >= 0.6 is 11.3 Å². The maximum absolute atomic E-state index is 11.9. The highest BCUT2D eigenvalue weighted by atomic mass is 32.1. The minimum absolute atomic E-state index is 0.114. The normalized spacial score (nSPS) is 24.6. The number of aromatic nitrogens is 1. The molecule has 1 aromatic rings. The molecule has 0 radical (unpaired) electrons. The summed E-state index contributed by atoms with van der Waals surface area (Å²) in [7, 11) is 0. The van der Waals surface area contributed by atoms with Crippen molar-refractivity contribution in [1.82, 2.24) is 10.3 Å². The molecule has 1 aliphatic carbocycles. The molecule has 0 saturated heterocycles. The van der Waals surface area contributed by atoms with Gasteiger partial charge in [0.25, 0.3) is 0 Å². The average molecular weight is 239 g/mol. The quantitative estimate of drug-likeness (QED) is 0.827. The fourth-order valence-electron chi connectivity index (χ4n) is 2.30. The fourth-order valence-corrected chi connectivity index (χ4v) is 2.86. The molecule has 0 bridgehead atoms. The lowest BCUT2D eigenvalue weighted by Gasteiger charge is -2.16. The van der Waals surface area contributed by atoms with E-state index in [-0.39, 0.29) is 11.8 Å². The van der Waals surface area contributed by atoms with Crippen LogP contribution in [0.25, 0.3) is 0 Å². The van der Waals surface area contributed by atoms with E-state index in [1.54, 1.807) is 16.8 Å². The summed E-state index contributed by atoms with van der Waals surface area (Å²) in [5.41, 5.74) is 8.37. The highest BCUT2D eigenvalue weighted by Crippen LogP contribution is 2.30. The summed E-state index contributed by atoms with van der Waals surface area (Å²) in [6, 6.07) is 0. The second kappa shape index (κ2) is 5.41. The van der Waals surface area contributed by atoms with Gasteiger partial charge < -0.3 is 11.1 Å². The van der Waals surface area contributed by atoms with Gasteiger partial charge >= 0.3 is 0 Å². The Morgan fingerprint density at radius 3 is 3.19 bits per heavy atom. The SMILES string of the molecule is NC[C@H]1CCC[C@H]1C(=O)NCc1cscn1. The minimum atomic E-state index is 0.114.